The molecule has 1 aliphatic carbocycles. The van der Waals surface area contributed by atoms with Crippen LogP contribution in [0.25, 0.3) is 10.9 Å². The molecular formula is C21H24N2O4. The second kappa shape index (κ2) is 6.60. The van der Waals surface area contributed by atoms with E-state index in [1.54, 1.807) is 0 Å². The molecular weight excluding hydrogens is 344 g/mol. The maximum absolute atomic E-state index is 13.2. The number of carboxylic acid groups (broad SMARTS) is 1. The number of amides is 1. The Balaban J connectivity index is 1.79. The van der Waals surface area contributed by atoms with Crippen LogP contribution in [-0.2, 0) is 9.53 Å². The number of fused-ring (bicyclic) bond motifs is 1. The van der Waals surface area contributed by atoms with Gasteiger partial charge in [0.25, 0.3) is 5.91 Å². The molecule has 0 radical (unpaired) electrons. The Morgan fingerprint density at radius 3 is 2.52 bits per heavy atom. The van der Waals surface area contributed by atoms with Gasteiger partial charge in [-0.25, -0.2) is 4.79 Å². The van der Waals surface area contributed by atoms with Crippen molar-refractivity contribution in [2.24, 2.45) is 0 Å². The molecule has 0 spiro atoms. The summed E-state index contributed by atoms with van der Waals surface area (Å²) in [5.41, 5.74) is 3.07. The molecule has 6 nitrogen and oxygen atoms in total. The van der Waals surface area contributed by atoms with Crippen LogP contribution >= 0.6 is 0 Å². The van der Waals surface area contributed by atoms with Gasteiger partial charge in [-0.05, 0) is 44.4 Å². The molecule has 1 saturated carbocycles. The van der Waals surface area contributed by atoms with E-state index in [-0.39, 0.29) is 18.7 Å². The van der Waals surface area contributed by atoms with Gasteiger partial charge in [-0.2, -0.15) is 0 Å². The fourth-order valence-electron chi connectivity index (χ4n) is 3.87. The Bertz CT molecular complexity index is 927. The maximum atomic E-state index is 13.2. The van der Waals surface area contributed by atoms with Gasteiger partial charge in [0.2, 0.25) is 0 Å². The number of rotatable bonds is 4. The zero-order valence-corrected chi connectivity index (χ0v) is 15.7. The normalized spacial score (nSPS) is 19.0. The van der Waals surface area contributed by atoms with E-state index in [2.05, 4.69) is 11.4 Å². The van der Waals surface area contributed by atoms with Crippen LogP contribution in [-0.4, -0.2) is 40.7 Å². The number of hydrogen-bond donors (Lipinski definition) is 2. The van der Waals surface area contributed by atoms with Crippen molar-refractivity contribution >= 4 is 22.8 Å². The molecule has 2 aromatic rings. The molecule has 0 atom stereocenters. The number of ether oxygens (including phenoxy) is 1. The molecule has 1 amide bonds. The fourth-order valence-corrected chi connectivity index (χ4v) is 3.87. The van der Waals surface area contributed by atoms with Gasteiger partial charge in [0.15, 0.2) is 0 Å². The zero-order chi connectivity index (χ0) is 19.2. The van der Waals surface area contributed by atoms with Crippen molar-refractivity contribution in [3.63, 3.8) is 0 Å². The fraction of sp³-hybridized carbons (Fsp3) is 0.476. The van der Waals surface area contributed by atoms with E-state index in [9.17, 15) is 14.7 Å². The van der Waals surface area contributed by atoms with Crippen LogP contribution in [0.1, 0.15) is 58.8 Å². The maximum Gasteiger partial charge on any atom is 0.329 e. The molecule has 0 unspecified atom stereocenters. The highest BCUT2D eigenvalue weighted by Crippen LogP contribution is 2.40. The first kappa shape index (κ1) is 17.9. The minimum absolute atomic E-state index is 0.268. The Labute approximate surface area is 157 Å². The van der Waals surface area contributed by atoms with Crippen molar-refractivity contribution in [3.8, 4) is 0 Å². The molecule has 4 rings (SSSR count). The Morgan fingerprint density at radius 1 is 1.19 bits per heavy atom. The molecule has 1 aliphatic heterocycles. The van der Waals surface area contributed by atoms with E-state index < -0.39 is 11.5 Å². The summed E-state index contributed by atoms with van der Waals surface area (Å²) in [6.45, 7) is 4.64. The van der Waals surface area contributed by atoms with Crippen LogP contribution in [0.2, 0.25) is 0 Å². The number of pyridine rings is 1. The van der Waals surface area contributed by atoms with Crippen molar-refractivity contribution in [1.29, 1.82) is 0 Å². The van der Waals surface area contributed by atoms with Gasteiger partial charge in [-0.15, -0.1) is 0 Å². The summed E-state index contributed by atoms with van der Waals surface area (Å²) in [6, 6.07) is 5.87. The number of benzene rings is 1. The highest BCUT2D eigenvalue weighted by atomic mass is 16.5. The number of aliphatic carboxylic acids is 1. The van der Waals surface area contributed by atoms with Crippen LogP contribution in [0.4, 0.5) is 0 Å². The van der Waals surface area contributed by atoms with Gasteiger partial charge < -0.3 is 15.2 Å². The molecule has 27 heavy (non-hydrogen) atoms. The third-order valence-corrected chi connectivity index (χ3v) is 5.62. The summed E-state index contributed by atoms with van der Waals surface area (Å²) >= 11 is 0. The summed E-state index contributed by atoms with van der Waals surface area (Å²) in [7, 11) is 0. The largest absolute Gasteiger partial charge is 0.480 e. The van der Waals surface area contributed by atoms with Crippen molar-refractivity contribution < 1.29 is 19.4 Å². The number of carboxylic acids is 1. The molecule has 2 N–H and O–H groups in total. The van der Waals surface area contributed by atoms with Gasteiger partial charge >= 0.3 is 5.97 Å². The summed E-state index contributed by atoms with van der Waals surface area (Å²) < 4.78 is 5.30. The molecule has 6 heteroatoms. The number of hydrogen-bond acceptors (Lipinski definition) is 4. The number of carbonyl (C=O) groups is 2. The number of nitrogens with zero attached hydrogens (tertiary/aromatic N) is 1. The van der Waals surface area contributed by atoms with Crippen LogP contribution in [0.15, 0.2) is 18.2 Å². The van der Waals surface area contributed by atoms with E-state index in [1.807, 2.05) is 26.0 Å². The Morgan fingerprint density at radius 2 is 1.89 bits per heavy atom. The zero-order valence-electron chi connectivity index (χ0n) is 15.7. The van der Waals surface area contributed by atoms with Crippen LogP contribution in [0, 0.1) is 13.8 Å². The molecule has 2 aliphatic rings. The summed E-state index contributed by atoms with van der Waals surface area (Å²) in [5, 5.41) is 13.4. The predicted octanol–water partition coefficient (Wildman–Crippen LogP) is 3.09. The van der Waals surface area contributed by atoms with Gasteiger partial charge in [0.1, 0.15) is 5.54 Å². The first-order valence-corrected chi connectivity index (χ1v) is 9.45. The average molecular weight is 368 g/mol. The molecule has 1 aromatic carbocycles. The number of aromatic nitrogens is 1. The molecule has 1 saturated heterocycles. The van der Waals surface area contributed by atoms with Crippen LogP contribution in [0.3, 0.4) is 0 Å². The summed E-state index contributed by atoms with van der Waals surface area (Å²) in [5.74, 6) is -0.955. The SMILES string of the molecule is Cc1cc(C)c2nc(C3CC3)cc(C(=O)NC3(C(=O)O)CCOCC3)c2c1. The van der Waals surface area contributed by atoms with E-state index in [1.165, 1.54) is 0 Å². The number of nitrogens with one attached hydrogen (secondary N) is 1. The highest BCUT2D eigenvalue weighted by molar-refractivity contribution is 6.08. The van der Waals surface area contributed by atoms with Crippen LogP contribution in [0.5, 0.6) is 0 Å². The summed E-state index contributed by atoms with van der Waals surface area (Å²) in [6.07, 6.45) is 2.71. The second-order valence-corrected chi connectivity index (χ2v) is 7.80. The van der Waals surface area contributed by atoms with Gasteiger partial charge in [0, 0.05) is 43.1 Å². The Hall–Kier alpha value is -2.47. The van der Waals surface area contributed by atoms with E-state index in [0.717, 1.165) is 40.6 Å². The van der Waals surface area contributed by atoms with Crippen molar-refractivity contribution in [3.05, 3.63) is 40.6 Å². The Kier molecular flexibility index (Phi) is 4.38. The average Bonchev–Trinajstić information content (AvgIpc) is 3.46. The third kappa shape index (κ3) is 3.30. The van der Waals surface area contributed by atoms with Crippen molar-refractivity contribution in [1.82, 2.24) is 10.3 Å². The second-order valence-electron chi connectivity index (χ2n) is 7.80. The molecule has 0 bridgehead atoms. The van der Waals surface area contributed by atoms with Gasteiger partial charge in [-0.1, -0.05) is 11.6 Å². The van der Waals surface area contributed by atoms with E-state index >= 15 is 0 Å². The smallest absolute Gasteiger partial charge is 0.329 e. The predicted molar refractivity (Wildman–Crippen MR) is 101 cm³/mol. The molecule has 1 aromatic heterocycles. The minimum atomic E-state index is -1.27. The number of carbonyl (C=O) groups excluding carboxylic acids is 1. The first-order chi connectivity index (χ1) is 12.9. The lowest BCUT2D eigenvalue weighted by atomic mass is 9.89. The monoisotopic (exact) mass is 368 g/mol. The van der Waals surface area contributed by atoms with Crippen molar-refractivity contribution in [2.45, 2.75) is 51.0 Å². The topological polar surface area (TPSA) is 88.5 Å². The molecule has 2 fully saturated rings. The van der Waals surface area contributed by atoms with E-state index in [4.69, 9.17) is 9.72 Å². The van der Waals surface area contributed by atoms with Gasteiger partial charge in [0.05, 0.1) is 11.1 Å². The lowest BCUT2D eigenvalue weighted by Gasteiger charge is -2.34. The first-order valence-electron chi connectivity index (χ1n) is 9.45. The minimum Gasteiger partial charge on any atom is -0.480 e. The van der Waals surface area contributed by atoms with E-state index in [0.29, 0.717) is 24.7 Å². The molecule has 142 valence electrons. The van der Waals surface area contributed by atoms with Crippen molar-refractivity contribution in [2.75, 3.05) is 13.2 Å². The molecule has 2 heterocycles. The summed E-state index contributed by atoms with van der Waals surface area (Å²) in [4.78, 5) is 29.9. The quantitative estimate of drug-likeness (QED) is 0.866. The lowest BCUT2D eigenvalue weighted by Crippen LogP contribution is -2.57. The standard InChI is InChI=1S/C21H24N2O4/c1-12-9-13(2)18-15(10-12)16(11-17(22-18)14-3-4-14)19(24)23-21(20(25)26)5-7-27-8-6-21/h9-11,14H,3-8H2,1-2H3,(H,23,24)(H,25,26). The lowest BCUT2D eigenvalue weighted by molar-refractivity contribution is -0.148. The van der Waals surface area contributed by atoms with Crippen LogP contribution < -0.4 is 5.32 Å². The highest BCUT2D eigenvalue weighted by Gasteiger charge is 2.42. The van der Waals surface area contributed by atoms with Gasteiger partial charge in [-0.3, -0.25) is 9.78 Å². The third-order valence-electron chi connectivity index (χ3n) is 5.62. The number of aryl methyl sites for hydroxylation is 2.